The highest BCUT2D eigenvalue weighted by molar-refractivity contribution is 9.10. The van der Waals surface area contributed by atoms with Crippen LogP contribution in [0.5, 0.6) is 0 Å². The molecule has 0 fully saturated rings. The third kappa shape index (κ3) is 2.66. The second-order valence-electron chi connectivity index (χ2n) is 3.85. The van der Waals surface area contributed by atoms with Gasteiger partial charge in [0.1, 0.15) is 5.82 Å². The lowest BCUT2D eigenvalue weighted by molar-refractivity contribution is 0.631. The van der Waals surface area contributed by atoms with E-state index >= 15 is 0 Å². The molecule has 19 heavy (non-hydrogen) atoms. The second-order valence-corrected chi connectivity index (χ2v) is 6.65. The van der Waals surface area contributed by atoms with E-state index in [-0.39, 0.29) is 5.82 Å². The van der Waals surface area contributed by atoms with Gasteiger partial charge < -0.3 is 5.32 Å². The number of nitrogens with one attached hydrogen (secondary N) is 1. The van der Waals surface area contributed by atoms with E-state index < -0.39 is 0 Å². The zero-order valence-electron chi connectivity index (χ0n) is 9.45. The molecule has 3 rings (SSSR count). The van der Waals surface area contributed by atoms with E-state index in [0.717, 1.165) is 14.7 Å². The molecular formula is C13H7Br2FN2S. The minimum atomic E-state index is -0.310. The van der Waals surface area contributed by atoms with Gasteiger partial charge in [-0.05, 0) is 46.3 Å². The molecule has 0 bridgehead atoms. The number of rotatable bonds is 2. The van der Waals surface area contributed by atoms with Gasteiger partial charge in [-0.25, -0.2) is 9.37 Å². The van der Waals surface area contributed by atoms with Crippen LogP contribution in [-0.4, -0.2) is 4.98 Å². The zero-order valence-corrected chi connectivity index (χ0v) is 13.4. The van der Waals surface area contributed by atoms with Crippen LogP contribution in [0.15, 0.2) is 45.3 Å². The third-order valence-corrected chi connectivity index (χ3v) is 4.65. The van der Waals surface area contributed by atoms with Crippen molar-refractivity contribution in [3.05, 3.63) is 51.2 Å². The zero-order chi connectivity index (χ0) is 13.4. The minimum absolute atomic E-state index is 0.310. The van der Waals surface area contributed by atoms with Gasteiger partial charge in [0, 0.05) is 8.95 Å². The highest BCUT2D eigenvalue weighted by Crippen LogP contribution is 2.33. The molecular weight excluding hydrogens is 395 g/mol. The molecule has 0 spiro atoms. The van der Waals surface area contributed by atoms with Crippen LogP contribution in [0.4, 0.5) is 15.2 Å². The summed E-state index contributed by atoms with van der Waals surface area (Å²) < 4.78 is 16.4. The number of benzene rings is 2. The highest BCUT2D eigenvalue weighted by atomic mass is 79.9. The first kappa shape index (κ1) is 13.0. The Balaban J connectivity index is 2.01. The van der Waals surface area contributed by atoms with Crippen molar-refractivity contribution in [2.45, 2.75) is 0 Å². The summed E-state index contributed by atoms with van der Waals surface area (Å²) in [5.74, 6) is -0.310. The van der Waals surface area contributed by atoms with Crippen LogP contribution in [0.2, 0.25) is 0 Å². The van der Waals surface area contributed by atoms with Gasteiger partial charge in [-0.1, -0.05) is 33.3 Å². The molecule has 0 saturated carbocycles. The maximum atomic E-state index is 13.7. The normalized spacial score (nSPS) is 10.9. The molecule has 0 unspecified atom stereocenters. The van der Waals surface area contributed by atoms with Crippen molar-refractivity contribution >= 4 is 64.2 Å². The number of para-hydroxylation sites is 1. The first-order chi connectivity index (χ1) is 9.13. The van der Waals surface area contributed by atoms with Gasteiger partial charge >= 0.3 is 0 Å². The Morgan fingerprint density at radius 1 is 1.16 bits per heavy atom. The molecule has 2 nitrogen and oxygen atoms in total. The molecule has 0 saturated heterocycles. The first-order valence-electron chi connectivity index (χ1n) is 5.40. The SMILES string of the molecule is Fc1cccc(Br)c1Nc1nc2cc(Br)ccc2s1. The third-order valence-electron chi connectivity index (χ3n) is 2.54. The second kappa shape index (κ2) is 5.19. The van der Waals surface area contributed by atoms with Gasteiger partial charge in [-0.3, -0.25) is 0 Å². The molecule has 2 aromatic carbocycles. The molecule has 1 N–H and O–H groups in total. The number of anilines is 2. The molecule has 0 aliphatic rings. The number of hydrogen-bond donors (Lipinski definition) is 1. The monoisotopic (exact) mass is 400 g/mol. The maximum Gasteiger partial charge on any atom is 0.188 e. The number of hydrogen-bond acceptors (Lipinski definition) is 3. The molecule has 0 amide bonds. The van der Waals surface area contributed by atoms with Gasteiger partial charge in [-0.2, -0.15) is 0 Å². The molecule has 0 radical (unpaired) electrons. The fourth-order valence-corrected chi connectivity index (χ4v) is 3.32. The molecule has 1 heterocycles. The summed E-state index contributed by atoms with van der Waals surface area (Å²) >= 11 is 8.22. The molecule has 1 aromatic heterocycles. The summed E-state index contributed by atoms with van der Waals surface area (Å²) in [6.45, 7) is 0. The Labute approximate surface area is 129 Å². The smallest absolute Gasteiger partial charge is 0.188 e. The first-order valence-corrected chi connectivity index (χ1v) is 7.81. The molecule has 0 aliphatic heterocycles. The van der Waals surface area contributed by atoms with Crippen LogP contribution in [0, 0.1) is 5.82 Å². The van der Waals surface area contributed by atoms with E-state index in [1.165, 1.54) is 17.4 Å². The van der Waals surface area contributed by atoms with Gasteiger partial charge in [0.15, 0.2) is 5.13 Å². The number of fused-ring (bicyclic) bond motifs is 1. The van der Waals surface area contributed by atoms with Crippen molar-refractivity contribution in [1.29, 1.82) is 0 Å². The average Bonchev–Trinajstić information content (AvgIpc) is 2.75. The Bertz CT molecular complexity index is 737. The van der Waals surface area contributed by atoms with Crippen molar-refractivity contribution in [3.63, 3.8) is 0 Å². The summed E-state index contributed by atoms with van der Waals surface area (Å²) in [6.07, 6.45) is 0. The van der Waals surface area contributed by atoms with Crippen LogP contribution in [-0.2, 0) is 0 Å². The Hall–Kier alpha value is -0.980. The van der Waals surface area contributed by atoms with Gasteiger partial charge in [0.25, 0.3) is 0 Å². The highest BCUT2D eigenvalue weighted by Gasteiger charge is 2.10. The van der Waals surface area contributed by atoms with Crippen LogP contribution in [0.25, 0.3) is 10.2 Å². The largest absolute Gasteiger partial charge is 0.328 e. The van der Waals surface area contributed by atoms with E-state index in [1.54, 1.807) is 12.1 Å². The van der Waals surface area contributed by atoms with Gasteiger partial charge in [-0.15, -0.1) is 0 Å². The van der Waals surface area contributed by atoms with Gasteiger partial charge in [0.2, 0.25) is 0 Å². The van der Waals surface area contributed by atoms with E-state index in [2.05, 4.69) is 42.2 Å². The van der Waals surface area contributed by atoms with E-state index in [0.29, 0.717) is 15.3 Å². The van der Waals surface area contributed by atoms with Crippen LogP contribution < -0.4 is 5.32 Å². The van der Waals surface area contributed by atoms with E-state index in [1.807, 2.05) is 18.2 Å². The fraction of sp³-hybridized carbons (Fsp3) is 0. The fourth-order valence-electron chi connectivity index (χ4n) is 1.68. The van der Waals surface area contributed by atoms with Crippen molar-refractivity contribution in [2.75, 3.05) is 5.32 Å². The summed E-state index contributed by atoms with van der Waals surface area (Å²) in [7, 11) is 0. The van der Waals surface area contributed by atoms with Gasteiger partial charge in [0.05, 0.1) is 15.9 Å². The number of aromatic nitrogens is 1. The molecule has 3 aromatic rings. The predicted molar refractivity (Wildman–Crippen MR) is 84.7 cm³/mol. The lowest BCUT2D eigenvalue weighted by Crippen LogP contribution is -1.93. The van der Waals surface area contributed by atoms with Crippen molar-refractivity contribution in [3.8, 4) is 0 Å². The van der Waals surface area contributed by atoms with Crippen LogP contribution in [0.3, 0.4) is 0 Å². The molecule has 0 atom stereocenters. The summed E-state index contributed by atoms with van der Waals surface area (Å²) in [5.41, 5.74) is 1.29. The quantitative estimate of drug-likeness (QED) is 0.595. The van der Waals surface area contributed by atoms with Crippen molar-refractivity contribution in [1.82, 2.24) is 4.98 Å². The van der Waals surface area contributed by atoms with E-state index in [4.69, 9.17) is 0 Å². The Morgan fingerprint density at radius 2 is 2.00 bits per heavy atom. The van der Waals surface area contributed by atoms with Crippen molar-refractivity contribution in [2.24, 2.45) is 0 Å². The maximum absolute atomic E-state index is 13.7. The van der Waals surface area contributed by atoms with Crippen molar-refractivity contribution < 1.29 is 4.39 Å². The lowest BCUT2D eigenvalue weighted by Gasteiger charge is -2.05. The topological polar surface area (TPSA) is 24.9 Å². The predicted octanol–water partition coefficient (Wildman–Crippen LogP) is 5.70. The average molecular weight is 402 g/mol. The Kier molecular flexibility index (Phi) is 3.56. The molecule has 6 heteroatoms. The van der Waals surface area contributed by atoms with Crippen LogP contribution in [0.1, 0.15) is 0 Å². The summed E-state index contributed by atoms with van der Waals surface area (Å²) in [4.78, 5) is 4.44. The van der Waals surface area contributed by atoms with Crippen LogP contribution >= 0.6 is 43.2 Å². The Morgan fingerprint density at radius 3 is 2.79 bits per heavy atom. The number of thiazole rings is 1. The molecule has 96 valence electrons. The standard InChI is InChI=1S/C13H7Br2FN2S/c14-7-4-5-11-10(6-7)17-13(19-11)18-12-8(15)2-1-3-9(12)16/h1-6H,(H,17,18). The number of nitrogens with zero attached hydrogens (tertiary/aromatic N) is 1. The summed E-state index contributed by atoms with van der Waals surface area (Å²) in [6, 6.07) is 10.7. The lowest BCUT2D eigenvalue weighted by atomic mass is 10.3. The number of halogens is 3. The molecule has 0 aliphatic carbocycles. The minimum Gasteiger partial charge on any atom is -0.328 e. The summed E-state index contributed by atoms with van der Waals surface area (Å²) in [5, 5.41) is 3.69. The van der Waals surface area contributed by atoms with E-state index in [9.17, 15) is 4.39 Å².